The van der Waals surface area contributed by atoms with E-state index < -0.39 is 11.4 Å². The van der Waals surface area contributed by atoms with Crippen LogP contribution in [-0.2, 0) is 4.74 Å². The van der Waals surface area contributed by atoms with Gasteiger partial charge in [0.25, 0.3) is 0 Å². The second kappa shape index (κ2) is 8.74. The van der Waals surface area contributed by atoms with Crippen molar-refractivity contribution in [3.05, 3.63) is 41.2 Å². The molecule has 0 saturated carbocycles. The van der Waals surface area contributed by atoms with E-state index in [1.54, 1.807) is 4.90 Å². The Balaban J connectivity index is 2.08. The lowest BCUT2D eigenvalue weighted by Gasteiger charge is -2.33. The van der Waals surface area contributed by atoms with Gasteiger partial charge >= 0.3 is 6.09 Å². The highest BCUT2D eigenvalue weighted by molar-refractivity contribution is 6.31. The molecule has 2 rings (SSSR count). The lowest BCUT2D eigenvalue weighted by atomic mass is 9.88. The SMILES string of the molecule is C=CCOc1cc(F)c(Cl)cc1C(=O)C1CCN(C(=O)OC(C)(C)C)CC1. The van der Waals surface area contributed by atoms with Crippen LogP contribution in [-0.4, -0.2) is 42.1 Å². The van der Waals surface area contributed by atoms with Crippen LogP contribution in [0.3, 0.4) is 0 Å². The van der Waals surface area contributed by atoms with E-state index in [9.17, 15) is 14.0 Å². The third-order valence-electron chi connectivity index (χ3n) is 4.16. The number of rotatable bonds is 5. The number of ketones is 1. The van der Waals surface area contributed by atoms with Crippen molar-refractivity contribution in [2.45, 2.75) is 39.2 Å². The van der Waals surface area contributed by atoms with Crippen LogP contribution in [0, 0.1) is 11.7 Å². The number of carbonyl (C=O) groups is 2. The molecule has 0 bridgehead atoms. The highest BCUT2D eigenvalue weighted by Gasteiger charge is 2.31. The monoisotopic (exact) mass is 397 g/mol. The Bertz CT molecular complexity index is 721. The molecule has 0 aromatic heterocycles. The quantitative estimate of drug-likeness (QED) is 0.525. The first kappa shape index (κ1) is 21.2. The van der Waals surface area contributed by atoms with Crippen LogP contribution in [0.25, 0.3) is 0 Å². The maximum absolute atomic E-state index is 13.8. The molecule has 1 aromatic rings. The van der Waals surface area contributed by atoms with Gasteiger partial charge in [-0.1, -0.05) is 24.3 Å². The first-order valence-electron chi connectivity index (χ1n) is 8.87. The fraction of sp³-hybridized carbons (Fsp3) is 0.500. The minimum absolute atomic E-state index is 0.129. The lowest BCUT2D eigenvalue weighted by molar-refractivity contribution is 0.0182. The van der Waals surface area contributed by atoms with E-state index in [0.717, 1.165) is 6.07 Å². The first-order chi connectivity index (χ1) is 12.6. The minimum atomic E-state index is -0.646. The Morgan fingerprint density at radius 3 is 2.52 bits per heavy atom. The zero-order chi connectivity index (χ0) is 20.2. The molecule has 148 valence electrons. The number of nitrogens with zero attached hydrogens (tertiary/aromatic N) is 1. The number of ether oxygens (including phenoxy) is 2. The number of likely N-dealkylation sites (tertiary alicyclic amines) is 1. The van der Waals surface area contributed by atoms with Crippen molar-refractivity contribution >= 4 is 23.5 Å². The maximum atomic E-state index is 13.8. The van der Waals surface area contributed by atoms with E-state index in [-0.39, 0.29) is 40.7 Å². The molecule has 1 heterocycles. The zero-order valence-corrected chi connectivity index (χ0v) is 16.6. The Morgan fingerprint density at radius 1 is 1.33 bits per heavy atom. The molecule has 1 aliphatic heterocycles. The maximum Gasteiger partial charge on any atom is 0.410 e. The molecule has 0 atom stereocenters. The summed E-state index contributed by atoms with van der Waals surface area (Å²) in [6, 6.07) is 2.42. The molecule has 0 aliphatic carbocycles. The van der Waals surface area contributed by atoms with Crippen molar-refractivity contribution in [1.82, 2.24) is 4.90 Å². The van der Waals surface area contributed by atoms with Crippen LogP contribution in [0.2, 0.25) is 5.02 Å². The highest BCUT2D eigenvalue weighted by atomic mass is 35.5. The van der Waals surface area contributed by atoms with E-state index in [0.29, 0.717) is 25.9 Å². The zero-order valence-electron chi connectivity index (χ0n) is 15.9. The minimum Gasteiger partial charge on any atom is -0.489 e. The predicted octanol–water partition coefficient (Wildman–Crippen LogP) is 4.87. The number of halogens is 2. The third kappa shape index (κ3) is 5.70. The first-order valence-corrected chi connectivity index (χ1v) is 9.25. The van der Waals surface area contributed by atoms with E-state index in [1.807, 2.05) is 20.8 Å². The van der Waals surface area contributed by atoms with Gasteiger partial charge in [0, 0.05) is 25.1 Å². The van der Waals surface area contributed by atoms with Crippen molar-refractivity contribution in [2.75, 3.05) is 19.7 Å². The fourth-order valence-corrected chi connectivity index (χ4v) is 3.02. The molecule has 0 radical (unpaired) electrons. The number of hydrogen-bond acceptors (Lipinski definition) is 4. The summed E-state index contributed by atoms with van der Waals surface area (Å²) in [5.74, 6) is -0.959. The average Bonchev–Trinajstić information content (AvgIpc) is 2.60. The third-order valence-corrected chi connectivity index (χ3v) is 4.45. The Kier molecular flexibility index (Phi) is 6.87. The molecule has 1 aliphatic rings. The van der Waals surface area contributed by atoms with Crippen molar-refractivity contribution in [1.29, 1.82) is 0 Å². The Morgan fingerprint density at radius 2 is 1.96 bits per heavy atom. The summed E-state index contributed by atoms with van der Waals surface area (Å²) in [5, 5.41) is -0.129. The number of piperidine rings is 1. The average molecular weight is 398 g/mol. The topological polar surface area (TPSA) is 55.8 Å². The number of hydrogen-bond donors (Lipinski definition) is 0. The van der Waals surface area contributed by atoms with Crippen molar-refractivity contribution in [3.63, 3.8) is 0 Å². The second-order valence-electron chi connectivity index (χ2n) is 7.47. The number of benzene rings is 1. The number of Topliss-reactive ketones (excluding diaryl/α,β-unsaturated/α-hetero) is 1. The summed E-state index contributed by atoms with van der Waals surface area (Å²) in [5.41, 5.74) is -0.314. The molecule has 1 aromatic carbocycles. The molecule has 1 amide bonds. The van der Waals surface area contributed by atoms with Crippen molar-refractivity contribution in [2.24, 2.45) is 5.92 Å². The summed E-state index contributed by atoms with van der Waals surface area (Å²) in [7, 11) is 0. The van der Waals surface area contributed by atoms with Gasteiger partial charge in [-0.15, -0.1) is 0 Å². The number of carbonyl (C=O) groups excluding carboxylic acids is 2. The summed E-state index contributed by atoms with van der Waals surface area (Å²) < 4.78 is 24.6. The van der Waals surface area contributed by atoms with Crippen LogP contribution < -0.4 is 4.74 Å². The fourth-order valence-electron chi connectivity index (χ4n) is 2.86. The van der Waals surface area contributed by atoms with E-state index in [1.165, 1.54) is 12.1 Å². The largest absolute Gasteiger partial charge is 0.489 e. The molecule has 5 nitrogen and oxygen atoms in total. The van der Waals surface area contributed by atoms with E-state index >= 15 is 0 Å². The summed E-state index contributed by atoms with van der Waals surface area (Å²) in [6.07, 6.45) is 2.12. The Hall–Kier alpha value is -2.08. The lowest BCUT2D eigenvalue weighted by Crippen LogP contribution is -2.43. The van der Waals surface area contributed by atoms with E-state index in [4.69, 9.17) is 21.1 Å². The van der Waals surface area contributed by atoms with Crippen molar-refractivity contribution < 1.29 is 23.5 Å². The predicted molar refractivity (Wildman–Crippen MR) is 102 cm³/mol. The van der Waals surface area contributed by atoms with Gasteiger partial charge in [-0.25, -0.2) is 9.18 Å². The van der Waals surface area contributed by atoms with E-state index in [2.05, 4.69) is 6.58 Å². The number of amides is 1. The molecular formula is C20H25ClFNO4. The normalized spacial score (nSPS) is 15.4. The van der Waals surface area contributed by atoms with Gasteiger partial charge in [-0.3, -0.25) is 4.79 Å². The molecule has 7 heteroatoms. The van der Waals surface area contributed by atoms with Crippen LogP contribution >= 0.6 is 11.6 Å². The van der Waals surface area contributed by atoms with Gasteiger partial charge in [0.15, 0.2) is 5.78 Å². The van der Waals surface area contributed by atoms with Crippen LogP contribution in [0.4, 0.5) is 9.18 Å². The van der Waals surface area contributed by atoms with Gasteiger partial charge in [0.2, 0.25) is 0 Å². The summed E-state index contributed by atoms with van der Waals surface area (Å²) >= 11 is 5.86. The van der Waals surface area contributed by atoms with Gasteiger partial charge in [-0.2, -0.15) is 0 Å². The molecule has 0 N–H and O–H groups in total. The van der Waals surface area contributed by atoms with Gasteiger partial charge in [0.05, 0.1) is 10.6 Å². The van der Waals surface area contributed by atoms with Gasteiger partial charge in [0.1, 0.15) is 23.8 Å². The van der Waals surface area contributed by atoms with Crippen LogP contribution in [0.5, 0.6) is 5.75 Å². The van der Waals surface area contributed by atoms with Crippen LogP contribution in [0.1, 0.15) is 44.0 Å². The van der Waals surface area contributed by atoms with Gasteiger partial charge < -0.3 is 14.4 Å². The Labute approximate surface area is 164 Å². The molecule has 1 fully saturated rings. The molecule has 0 spiro atoms. The highest BCUT2D eigenvalue weighted by Crippen LogP contribution is 2.31. The standard InChI is InChI=1S/C20H25ClFNO4/c1-5-10-26-17-12-16(22)15(21)11-14(17)18(24)13-6-8-23(9-7-13)19(25)27-20(2,3)4/h5,11-13H,1,6-10H2,2-4H3. The van der Waals surface area contributed by atoms with Crippen molar-refractivity contribution in [3.8, 4) is 5.75 Å². The smallest absolute Gasteiger partial charge is 0.410 e. The molecular weight excluding hydrogens is 373 g/mol. The van der Waals surface area contributed by atoms with Gasteiger partial charge in [-0.05, 0) is 39.7 Å². The molecule has 27 heavy (non-hydrogen) atoms. The second-order valence-corrected chi connectivity index (χ2v) is 7.88. The van der Waals surface area contributed by atoms with Crippen LogP contribution in [0.15, 0.2) is 24.8 Å². The summed E-state index contributed by atoms with van der Waals surface area (Å²) in [4.78, 5) is 26.7. The summed E-state index contributed by atoms with van der Waals surface area (Å²) in [6.45, 7) is 9.97. The molecule has 0 unspecified atom stereocenters. The molecule has 1 saturated heterocycles.